The number of hydrogen-bond donors (Lipinski definition) is 2. The van der Waals surface area contributed by atoms with Crippen molar-refractivity contribution in [2.75, 3.05) is 5.73 Å². The molecule has 96 valence electrons. The van der Waals surface area contributed by atoms with E-state index in [-0.39, 0.29) is 5.82 Å². The minimum absolute atomic E-state index is 0.343. The van der Waals surface area contributed by atoms with E-state index in [2.05, 4.69) is 29.9 Å². The third-order valence-electron chi connectivity index (χ3n) is 3.37. The molecular formula is C15H14FN3. The molecule has 0 radical (unpaired) electrons. The molecule has 3 rings (SSSR count). The van der Waals surface area contributed by atoms with Gasteiger partial charge in [-0.25, -0.2) is 9.37 Å². The third kappa shape index (κ3) is 1.95. The van der Waals surface area contributed by atoms with Crippen molar-refractivity contribution < 1.29 is 4.39 Å². The highest BCUT2D eigenvalue weighted by Gasteiger charge is 2.10. The second-order valence-electron chi connectivity index (χ2n) is 4.77. The zero-order valence-corrected chi connectivity index (χ0v) is 10.8. The third-order valence-corrected chi connectivity index (χ3v) is 3.37. The number of nitrogens with one attached hydrogen (secondary N) is 1. The van der Waals surface area contributed by atoms with E-state index in [1.165, 1.54) is 23.3 Å². The minimum atomic E-state index is -0.343. The van der Waals surface area contributed by atoms with Crippen molar-refractivity contribution in [1.82, 2.24) is 9.97 Å². The van der Waals surface area contributed by atoms with Gasteiger partial charge in [-0.05, 0) is 55.3 Å². The number of anilines is 1. The van der Waals surface area contributed by atoms with E-state index in [9.17, 15) is 4.39 Å². The fraction of sp³-hybridized carbons (Fsp3) is 0.133. The van der Waals surface area contributed by atoms with Gasteiger partial charge in [0.05, 0.1) is 11.0 Å². The predicted octanol–water partition coefficient (Wildman–Crippen LogP) is 3.57. The first-order valence-corrected chi connectivity index (χ1v) is 6.07. The van der Waals surface area contributed by atoms with Crippen molar-refractivity contribution >= 4 is 16.7 Å². The Morgan fingerprint density at radius 3 is 2.58 bits per heavy atom. The van der Waals surface area contributed by atoms with Gasteiger partial charge in [-0.3, -0.25) is 0 Å². The average molecular weight is 255 g/mol. The predicted molar refractivity (Wildman–Crippen MR) is 75.4 cm³/mol. The molecule has 0 unspecified atom stereocenters. The number of imidazole rings is 1. The summed E-state index contributed by atoms with van der Waals surface area (Å²) in [5, 5.41) is 0. The molecule has 0 fully saturated rings. The van der Waals surface area contributed by atoms with E-state index in [0.717, 1.165) is 11.0 Å². The van der Waals surface area contributed by atoms with Gasteiger partial charge in [0.25, 0.3) is 0 Å². The lowest BCUT2D eigenvalue weighted by molar-refractivity contribution is 0.628. The van der Waals surface area contributed by atoms with Crippen molar-refractivity contribution in [2.24, 2.45) is 0 Å². The molecule has 3 aromatic rings. The number of fused-ring (bicyclic) bond motifs is 1. The number of nitrogens with zero attached hydrogens (tertiary/aromatic N) is 1. The van der Waals surface area contributed by atoms with Gasteiger partial charge in [-0.1, -0.05) is 0 Å². The van der Waals surface area contributed by atoms with Crippen molar-refractivity contribution in [3.8, 4) is 11.4 Å². The molecule has 0 bridgehead atoms. The first-order chi connectivity index (χ1) is 9.04. The molecular weight excluding hydrogens is 241 g/mol. The number of H-pyrrole nitrogens is 1. The van der Waals surface area contributed by atoms with Crippen LogP contribution in [0, 0.1) is 19.7 Å². The molecule has 0 saturated heterocycles. The maximum Gasteiger partial charge on any atom is 0.140 e. The maximum absolute atomic E-state index is 13.1. The van der Waals surface area contributed by atoms with Crippen LogP contribution in [-0.4, -0.2) is 9.97 Å². The van der Waals surface area contributed by atoms with Crippen LogP contribution in [0.15, 0.2) is 30.3 Å². The van der Waals surface area contributed by atoms with Crippen LogP contribution >= 0.6 is 0 Å². The lowest BCUT2D eigenvalue weighted by Crippen LogP contribution is -1.92. The van der Waals surface area contributed by atoms with E-state index in [1.54, 1.807) is 6.07 Å². The molecule has 2 aromatic carbocycles. The number of halogens is 1. The fourth-order valence-corrected chi connectivity index (χ4v) is 2.15. The largest absolute Gasteiger partial charge is 0.398 e. The molecule has 0 saturated carbocycles. The molecule has 0 atom stereocenters. The Hall–Kier alpha value is -2.36. The van der Waals surface area contributed by atoms with Crippen molar-refractivity contribution in [3.05, 3.63) is 47.3 Å². The molecule has 0 aliphatic carbocycles. The summed E-state index contributed by atoms with van der Waals surface area (Å²) in [6.07, 6.45) is 0. The summed E-state index contributed by atoms with van der Waals surface area (Å²) >= 11 is 0. The number of benzene rings is 2. The Morgan fingerprint density at radius 1 is 1.11 bits per heavy atom. The van der Waals surface area contributed by atoms with E-state index in [0.29, 0.717) is 17.1 Å². The number of aromatic amines is 1. The quantitative estimate of drug-likeness (QED) is 0.653. The first kappa shape index (κ1) is 11.7. The van der Waals surface area contributed by atoms with Gasteiger partial charge in [0.2, 0.25) is 0 Å². The fourth-order valence-electron chi connectivity index (χ4n) is 2.15. The SMILES string of the molecule is Cc1cc2nc(-c3ccc(F)cc3N)[nH]c2cc1C. The molecule has 4 heteroatoms. The van der Waals surface area contributed by atoms with Crippen molar-refractivity contribution in [1.29, 1.82) is 0 Å². The van der Waals surface area contributed by atoms with Crippen LogP contribution in [0.4, 0.5) is 10.1 Å². The number of aryl methyl sites for hydroxylation is 2. The average Bonchev–Trinajstić information content (AvgIpc) is 2.72. The van der Waals surface area contributed by atoms with Crippen LogP contribution in [-0.2, 0) is 0 Å². The normalized spacial score (nSPS) is 11.1. The standard InChI is InChI=1S/C15H14FN3/c1-8-5-13-14(6-9(8)2)19-15(18-13)11-4-3-10(16)7-12(11)17/h3-7H,17H2,1-2H3,(H,18,19). The molecule has 1 heterocycles. The van der Waals surface area contributed by atoms with Gasteiger partial charge in [-0.2, -0.15) is 0 Å². The molecule has 0 spiro atoms. The second kappa shape index (κ2) is 4.09. The van der Waals surface area contributed by atoms with Crippen LogP contribution in [0.2, 0.25) is 0 Å². The summed E-state index contributed by atoms with van der Waals surface area (Å²) in [5.41, 5.74) is 11.2. The van der Waals surface area contributed by atoms with Crippen LogP contribution in [0.25, 0.3) is 22.4 Å². The van der Waals surface area contributed by atoms with E-state index in [4.69, 9.17) is 5.73 Å². The lowest BCUT2D eigenvalue weighted by atomic mass is 10.1. The molecule has 1 aromatic heterocycles. The summed E-state index contributed by atoms with van der Waals surface area (Å²) in [6.45, 7) is 4.11. The Bertz CT molecular complexity index is 735. The van der Waals surface area contributed by atoms with E-state index in [1.807, 2.05) is 6.07 Å². The zero-order valence-electron chi connectivity index (χ0n) is 10.8. The summed E-state index contributed by atoms with van der Waals surface area (Å²) in [5.74, 6) is 0.321. The van der Waals surface area contributed by atoms with Crippen molar-refractivity contribution in [2.45, 2.75) is 13.8 Å². The van der Waals surface area contributed by atoms with Crippen LogP contribution in [0.3, 0.4) is 0 Å². The summed E-state index contributed by atoms with van der Waals surface area (Å²) in [7, 11) is 0. The number of nitrogen functional groups attached to an aromatic ring is 1. The monoisotopic (exact) mass is 255 g/mol. The van der Waals surface area contributed by atoms with Gasteiger partial charge in [0.15, 0.2) is 0 Å². The Kier molecular flexibility index (Phi) is 2.52. The highest BCUT2D eigenvalue weighted by molar-refractivity contribution is 5.83. The number of hydrogen-bond acceptors (Lipinski definition) is 2. The highest BCUT2D eigenvalue weighted by Crippen LogP contribution is 2.27. The molecule has 0 aliphatic heterocycles. The van der Waals surface area contributed by atoms with E-state index < -0.39 is 0 Å². The molecule has 3 N–H and O–H groups in total. The maximum atomic E-state index is 13.1. The van der Waals surface area contributed by atoms with Crippen LogP contribution in [0.5, 0.6) is 0 Å². The molecule has 0 aliphatic rings. The topological polar surface area (TPSA) is 54.7 Å². The first-order valence-electron chi connectivity index (χ1n) is 6.07. The Labute approximate surface area is 110 Å². The second-order valence-corrected chi connectivity index (χ2v) is 4.77. The number of rotatable bonds is 1. The van der Waals surface area contributed by atoms with Gasteiger partial charge < -0.3 is 10.7 Å². The molecule has 19 heavy (non-hydrogen) atoms. The van der Waals surface area contributed by atoms with Crippen molar-refractivity contribution in [3.63, 3.8) is 0 Å². The summed E-state index contributed by atoms with van der Waals surface area (Å²) in [4.78, 5) is 7.74. The zero-order chi connectivity index (χ0) is 13.6. The van der Waals surface area contributed by atoms with Gasteiger partial charge in [-0.15, -0.1) is 0 Å². The summed E-state index contributed by atoms with van der Waals surface area (Å²) < 4.78 is 13.1. The number of nitrogens with two attached hydrogens (primary N) is 1. The smallest absolute Gasteiger partial charge is 0.140 e. The Morgan fingerprint density at radius 2 is 1.84 bits per heavy atom. The van der Waals surface area contributed by atoms with Gasteiger partial charge in [0, 0.05) is 11.3 Å². The highest BCUT2D eigenvalue weighted by atomic mass is 19.1. The molecule has 0 amide bonds. The van der Waals surface area contributed by atoms with Crippen LogP contribution < -0.4 is 5.73 Å². The molecule has 3 nitrogen and oxygen atoms in total. The van der Waals surface area contributed by atoms with E-state index >= 15 is 0 Å². The van der Waals surface area contributed by atoms with Gasteiger partial charge in [0.1, 0.15) is 11.6 Å². The Balaban J connectivity index is 2.20. The minimum Gasteiger partial charge on any atom is -0.398 e. The number of aromatic nitrogens is 2. The lowest BCUT2D eigenvalue weighted by Gasteiger charge is -2.01. The van der Waals surface area contributed by atoms with Gasteiger partial charge >= 0.3 is 0 Å². The van der Waals surface area contributed by atoms with Crippen LogP contribution in [0.1, 0.15) is 11.1 Å². The summed E-state index contributed by atoms with van der Waals surface area (Å²) in [6, 6.07) is 8.42.